The topological polar surface area (TPSA) is 81.9 Å². The lowest BCUT2D eigenvalue weighted by Crippen LogP contribution is -2.40. The summed E-state index contributed by atoms with van der Waals surface area (Å²) in [7, 11) is 0. The first-order valence-corrected chi connectivity index (χ1v) is 10.00. The van der Waals surface area contributed by atoms with Gasteiger partial charge in [-0.25, -0.2) is 4.98 Å². The number of carbonyl (C=O) groups excluding carboxylic acids is 1. The Kier molecular flexibility index (Phi) is 4.21. The van der Waals surface area contributed by atoms with Crippen molar-refractivity contribution in [3.8, 4) is 11.5 Å². The molecule has 0 aliphatic carbocycles. The number of amides is 1. The standard InChI is InChI=1S/C21H17N3O4S/c1-12-5-4-8-24-18(12)23-20-14(21(24)26)9-17(29-20)19(25)22-10-13-11-27-15-6-2-3-7-16(15)28-13/h2-9,13H,10-11H2,1H3,(H,22,25)/t13-/m0/s1. The van der Waals surface area contributed by atoms with Crippen molar-refractivity contribution in [2.24, 2.45) is 0 Å². The quantitative estimate of drug-likeness (QED) is 0.565. The summed E-state index contributed by atoms with van der Waals surface area (Å²) < 4.78 is 13.0. The number of hydrogen-bond donors (Lipinski definition) is 1. The van der Waals surface area contributed by atoms with Gasteiger partial charge in [0.1, 0.15) is 23.2 Å². The molecule has 1 aliphatic rings. The molecule has 0 radical (unpaired) electrons. The van der Waals surface area contributed by atoms with Crippen LogP contribution in [0.3, 0.4) is 0 Å². The number of benzene rings is 1. The number of pyridine rings is 1. The minimum atomic E-state index is -0.280. The van der Waals surface area contributed by atoms with Crippen LogP contribution in [0.5, 0.6) is 11.5 Å². The van der Waals surface area contributed by atoms with E-state index in [9.17, 15) is 9.59 Å². The first-order valence-electron chi connectivity index (χ1n) is 9.18. The molecule has 0 fully saturated rings. The number of carbonyl (C=O) groups is 1. The summed E-state index contributed by atoms with van der Waals surface area (Å²) >= 11 is 1.21. The minimum Gasteiger partial charge on any atom is -0.486 e. The number of aromatic nitrogens is 2. The molecule has 8 heteroatoms. The Hall–Kier alpha value is -3.39. The van der Waals surface area contributed by atoms with Crippen molar-refractivity contribution in [1.29, 1.82) is 0 Å². The Morgan fingerprint density at radius 3 is 2.97 bits per heavy atom. The highest BCUT2D eigenvalue weighted by atomic mass is 32.1. The van der Waals surface area contributed by atoms with Crippen molar-refractivity contribution in [1.82, 2.24) is 14.7 Å². The van der Waals surface area contributed by atoms with E-state index in [-0.39, 0.29) is 17.6 Å². The lowest BCUT2D eigenvalue weighted by atomic mass is 10.2. The molecular weight excluding hydrogens is 390 g/mol. The molecular formula is C21H17N3O4S. The van der Waals surface area contributed by atoms with Gasteiger partial charge in [0, 0.05) is 6.20 Å². The fraction of sp³-hybridized carbons (Fsp3) is 0.190. The van der Waals surface area contributed by atoms with Gasteiger partial charge in [0.05, 0.1) is 16.8 Å². The molecule has 1 aromatic carbocycles. The summed E-state index contributed by atoms with van der Waals surface area (Å²) in [5.41, 5.74) is 1.33. The SMILES string of the molecule is Cc1cccn2c(=O)c3cc(C(=O)NC[C@H]4COc5ccccc5O4)sc3nc12. The van der Waals surface area contributed by atoms with Crippen LogP contribution in [-0.4, -0.2) is 34.5 Å². The number of fused-ring (bicyclic) bond motifs is 3. The summed E-state index contributed by atoms with van der Waals surface area (Å²) in [6.45, 7) is 2.56. The van der Waals surface area contributed by atoms with Gasteiger partial charge in [0.2, 0.25) is 0 Å². The van der Waals surface area contributed by atoms with Crippen molar-refractivity contribution < 1.29 is 14.3 Å². The molecule has 7 nitrogen and oxygen atoms in total. The van der Waals surface area contributed by atoms with Crippen LogP contribution in [0, 0.1) is 6.92 Å². The van der Waals surface area contributed by atoms with Crippen LogP contribution in [-0.2, 0) is 0 Å². The molecule has 1 aliphatic heterocycles. The number of ether oxygens (including phenoxy) is 2. The van der Waals surface area contributed by atoms with Crippen LogP contribution >= 0.6 is 11.3 Å². The fourth-order valence-electron chi connectivity index (χ4n) is 3.33. The first kappa shape index (κ1) is 17.7. The van der Waals surface area contributed by atoms with E-state index in [0.717, 1.165) is 5.56 Å². The third kappa shape index (κ3) is 3.11. The smallest absolute Gasteiger partial charge is 0.266 e. The van der Waals surface area contributed by atoms with E-state index in [2.05, 4.69) is 10.3 Å². The predicted octanol–water partition coefficient (Wildman–Crippen LogP) is 2.79. The molecule has 4 aromatic rings. The van der Waals surface area contributed by atoms with Crippen molar-refractivity contribution in [2.75, 3.05) is 13.2 Å². The zero-order valence-electron chi connectivity index (χ0n) is 15.5. The van der Waals surface area contributed by atoms with Crippen molar-refractivity contribution in [2.45, 2.75) is 13.0 Å². The third-order valence-electron chi connectivity index (χ3n) is 4.81. The molecule has 146 valence electrons. The van der Waals surface area contributed by atoms with Gasteiger partial charge in [-0.15, -0.1) is 11.3 Å². The third-order valence-corrected chi connectivity index (χ3v) is 5.84. The van der Waals surface area contributed by atoms with E-state index in [0.29, 0.717) is 45.4 Å². The molecule has 0 unspecified atom stereocenters. The molecule has 1 atom stereocenters. The summed E-state index contributed by atoms with van der Waals surface area (Å²) in [6.07, 6.45) is 1.41. The molecule has 1 amide bonds. The van der Waals surface area contributed by atoms with Crippen LogP contribution in [0.25, 0.3) is 15.9 Å². The van der Waals surface area contributed by atoms with Crippen LogP contribution in [0.15, 0.2) is 53.5 Å². The van der Waals surface area contributed by atoms with E-state index in [1.807, 2.05) is 43.3 Å². The Bertz CT molecular complexity index is 1310. The highest BCUT2D eigenvalue weighted by molar-refractivity contribution is 7.20. The molecule has 29 heavy (non-hydrogen) atoms. The average Bonchev–Trinajstić information content (AvgIpc) is 3.18. The molecule has 0 saturated carbocycles. The van der Waals surface area contributed by atoms with Crippen molar-refractivity contribution in [3.63, 3.8) is 0 Å². The van der Waals surface area contributed by atoms with Gasteiger partial charge in [-0.2, -0.15) is 0 Å². The van der Waals surface area contributed by atoms with E-state index in [1.54, 1.807) is 12.3 Å². The zero-order chi connectivity index (χ0) is 20.0. The summed E-state index contributed by atoms with van der Waals surface area (Å²) in [6, 6.07) is 12.7. The van der Waals surface area contributed by atoms with Crippen LogP contribution < -0.4 is 20.3 Å². The molecule has 4 heterocycles. The maximum absolute atomic E-state index is 12.8. The maximum atomic E-state index is 12.8. The maximum Gasteiger partial charge on any atom is 0.266 e. The van der Waals surface area contributed by atoms with Gasteiger partial charge in [-0.1, -0.05) is 18.2 Å². The Labute approximate surface area is 169 Å². The highest BCUT2D eigenvalue weighted by Gasteiger charge is 2.22. The molecule has 3 aromatic heterocycles. The van der Waals surface area contributed by atoms with Gasteiger partial charge in [0.15, 0.2) is 11.5 Å². The average molecular weight is 407 g/mol. The molecule has 0 bridgehead atoms. The fourth-order valence-corrected chi connectivity index (χ4v) is 4.27. The number of hydrogen-bond acceptors (Lipinski definition) is 6. The lowest BCUT2D eigenvalue weighted by molar-refractivity contribution is 0.0791. The number of thiophene rings is 1. The molecule has 0 saturated heterocycles. The van der Waals surface area contributed by atoms with E-state index < -0.39 is 0 Å². The molecule has 0 spiro atoms. The van der Waals surface area contributed by atoms with Crippen molar-refractivity contribution >= 4 is 33.1 Å². The number of rotatable bonds is 3. The second-order valence-electron chi connectivity index (χ2n) is 6.84. The van der Waals surface area contributed by atoms with Crippen molar-refractivity contribution in [3.05, 3.63) is 69.5 Å². The Morgan fingerprint density at radius 1 is 1.28 bits per heavy atom. The van der Waals surface area contributed by atoms with Crippen LogP contribution in [0.2, 0.25) is 0 Å². The van der Waals surface area contributed by atoms with E-state index >= 15 is 0 Å². The number of aryl methyl sites for hydroxylation is 1. The van der Waals surface area contributed by atoms with Gasteiger partial charge < -0.3 is 14.8 Å². The zero-order valence-corrected chi connectivity index (χ0v) is 16.4. The largest absolute Gasteiger partial charge is 0.486 e. The summed E-state index contributed by atoms with van der Waals surface area (Å²) in [5.74, 6) is 1.10. The number of nitrogens with zero attached hydrogens (tertiary/aromatic N) is 2. The highest BCUT2D eigenvalue weighted by Crippen LogP contribution is 2.30. The number of nitrogens with one attached hydrogen (secondary N) is 1. The van der Waals surface area contributed by atoms with E-state index in [1.165, 1.54) is 15.7 Å². The van der Waals surface area contributed by atoms with E-state index in [4.69, 9.17) is 9.47 Å². The monoisotopic (exact) mass is 407 g/mol. The van der Waals surface area contributed by atoms with Crippen LogP contribution in [0.4, 0.5) is 0 Å². The van der Waals surface area contributed by atoms with Gasteiger partial charge >= 0.3 is 0 Å². The minimum absolute atomic E-state index is 0.176. The second-order valence-corrected chi connectivity index (χ2v) is 7.87. The van der Waals surface area contributed by atoms with Crippen LogP contribution in [0.1, 0.15) is 15.2 Å². The molecule has 5 rings (SSSR count). The normalized spacial score (nSPS) is 15.6. The van der Waals surface area contributed by atoms with Gasteiger partial charge in [-0.3, -0.25) is 14.0 Å². The Balaban J connectivity index is 1.36. The lowest BCUT2D eigenvalue weighted by Gasteiger charge is -2.26. The number of para-hydroxylation sites is 2. The van der Waals surface area contributed by atoms with Gasteiger partial charge in [-0.05, 0) is 36.8 Å². The Morgan fingerprint density at radius 2 is 2.10 bits per heavy atom. The second kappa shape index (κ2) is 6.89. The summed E-state index contributed by atoms with van der Waals surface area (Å²) in [4.78, 5) is 31.0. The first-order chi connectivity index (χ1) is 14.1. The van der Waals surface area contributed by atoms with Gasteiger partial charge in [0.25, 0.3) is 11.5 Å². The summed E-state index contributed by atoms with van der Waals surface area (Å²) in [5, 5.41) is 3.30. The predicted molar refractivity (Wildman–Crippen MR) is 110 cm³/mol. The molecule has 1 N–H and O–H groups in total.